The first-order chi connectivity index (χ1) is 16.2. The number of rotatable bonds is 5. The molecule has 1 amide bonds. The van der Waals surface area contributed by atoms with E-state index in [2.05, 4.69) is 25.6 Å². The maximum absolute atomic E-state index is 14.0. The molecule has 0 unspecified atom stereocenters. The van der Waals surface area contributed by atoms with Crippen molar-refractivity contribution < 1.29 is 26.7 Å². The van der Waals surface area contributed by atoms with Gasteiger partial charge in [-0.3, -0.25) is 9.48 Å². The summed E-state index contributed by atoms with van der Waals surface area (Å²) in [5.41, 5.74) is -2.83. The van der Waals surface area contributed by atoms with Gasteiger partial charge in [-0.1, -0.05) is 12.1 Å². The predicted molar refractivity (Wildman–Crippen MR) is 105 cm³/mol. The lowest BCUT2D eigenvalue weighted by Gasteiger charge is -2.13. The Hall–Kier alpha value is -4.67. The molecule has 3 aromatic heterocycles. The van der Waals surface area contributed by atoms with E-state index in [1.165, 1.54) is 18.5 Å². The van der Waals surface area contributed by atoms with E-state index in [-0.39, 0.29) is 22.6 Å². The van der Waals surface area contributed by atoms with Crippen molar-refractivity contribution in [3.05, 3.63) is 83.1 Å². The molecule has 1 aromatic carbocycles. The van der Waals surface area contributed by atoms with Crippen molar-refractivity contribution in [3.8, 4) is 11.9 Å². The number of carbonyl (C=O) groups is 1. The molecule has 14 heteroatoms. The molecule has 9 nitrogen and oxygen atoms in total. The molecule has 34 heavy (non-hydrogen) atoms. The number of anilines is 1. The van der Waals surface area contributed by atoms with Gasteiger partial charge in [-0.15, -0.1) is 4.80 Å². The van der Waals surface area contributed by atoms with E-state index in [1.807, 2.05) is 6.07 Å². The summed E-state index contributed by atoms with van der Waals surface area (Å²) >= 11 is 0. The zero-order valence-corrected chi connectivity index (χ0v) is 16.8. The third-order valence-corrected chi connectivity index (χ3v) is 4.56. The van der Waals surface area contributed by atoms with E-state index < -0.39 is 41.5 Å². The van der Waals surface area contributed by atoms with Gasteiger partial charge in [0.15, 0.2) is 23.1 Å². The fourth-order valence-electron chi connectivity index (χ4n) is 3.09. The number of nitrogens with zero attached hydrogens (tertiary/aromatic N) is 7. The molecule has 0 spiro atoms. The van der Waals surface area contributed by atoms with E-state index in [4.69, 9.17) is 0 Å². The average molecular weight is 474 g/mol. The van der Waals surface area contributed by atoms with Gasteiger partial charge in [0.05, 0.1) is 42.6 Å². The second kappa shape index (κ2) is 8.70. The topological polar surface area (TPSA) is 114 Å². The Morgan fingerprint density at radius 1 is 1.12 bits per heavy atom. The van der Waals surface area contributed by atoms with Crippen molar-refractivity contribution in [3.63, 3.8) is 0 Å². The Labute approximate surface area is 187 Å². The fourth-order valence-corrected chi connectivity index (χ4v) is 3.09. The van der Waals surface area contributed by atoms with Crippen LogP contribution in [0.1, 0.15) is 27.2 Å². The highest BCUT2D eigenvalue weighted by molar-refractivity contribution is 6.05. The van der Waals surface area contributed by atoms with Crippen LogP contribution in [-0.2, 0) is 12.7 Å². The molecule has 0 atom stereocenters. The van der Waals surface area contributed by atoms with Crippen molar-refractivity contribution >= 4 is 11.6 Å². The van der Waals surface area contributed by atoms with Gasteiger partial charge in [-0.2, -0.15) is 33.7 Å². The maximum atomic E-state index is 14.0. The van der Waals surface area contributed by atoms with E-state index in [0.717, 1.165) is 29.2 Å². The van der Waals surface area contributed by atoms with E-state index in [0.29, 0.717) is 10.9 Å². The summed E-state index contributed by atoms with van der Waals surface area (Å²) in [6, 6.07) is 6.08. The highest BCUT2D eigenvalue weighted by atomic mass is 19.4. The quantitative estimate of drug-likeness (QED) is 0.444. The van der Waals surface area contributed by atoms with Crippen molar-refractivity contribution in [2.75, 3.05) is 5.32 Å². The summed E-state index contributed by atoms with van der Waals surface area (Å²) in [5.74, 6) is -3.70. The fraction of sp³-hybridized carbons (Fsp3) is 0.100. The summed E-state index contributed by atoms with van der Waals surface area (Å²) in [7, 11) is 0. The lowest BCUT2D eigenvalue weighted by atomic mass is 10.2. The summed E-state index contributed by atoms with van der Waals surface area (Å²) in [6.07, 6.45) is -0.568. The Balaban J connectivity index is 1.65. The van der Waals surface area contributed by atoms with Crippen LogP contribution in [0.2, 0.25) is 0 Å². The number of benzene rings is 1. The number of nitrogens with one attached hydrogen (secondary N) is 1. The van der Waals surface area contributed by atoms with Crippen LogP contribution >= 0.6 is 0 Å². The van der Waals surface area contributed by atoms with Crippen molar-refractivity contribution in [1.29, 1.82) is 5.26 Å². The van der Waals surface area contributed by atoms with Gasteiger partial charge in [-0.25, -0.2) is 13.8 Å². The molecule has 4 aromatic rings. The van der Waals surface area contributed by atoms with Gasteiger partial charge in [-0.05, 0) is 12.1 Å². The molecule has 4 rings (SSSR count). The zero-order valence-electron chi connectivity index (χ0n) is 16.8. The van der Waals surface area contributed by atoms with Crippen LogP contribution in [0.4, 0.5) is 27.6 Å². The number of hydrogen-bond donors (Lipinski definition) is 1. The summed E-state index contributed by atoms with van der Waals surface area (Å²) < 4.78 is 69.1. The van der Waals surface area contributed by atoms with Gasteiger partial charge in [0.25, 0.3) is 5.91 Å². The lowest BCUT2D eigenvalue weighted by molar-refractivity contribution is -0.144. The number of amides is 1. The maximum Gasteiger partial charge on any atom is 0.433 e. The van der Waals surface area contributed by atoms with Crippen LogP contribution < -0.4 is 5.32 Å². The molecule has 0 fully saturated rings. The van der Waals surface area contributed by atoms with Crippen LogP contribution in [0.5, 0.6) is 0 Å². The van der Waals surface area contributed by atoms with Crippen LogP contribution in [-0.4, -0.2) is 35.7 Å². The molecular formula is C20H11F5N8O. The molecule has 0 radical (unpaired) electrons. The average Bonchev–Trinajstić information content (AvgIpc) is 3.47. The highest BCUT2D eigenvalue weighted by Gasteiger charge is 2.40. The van der Waals surface area contributed by atoms with Crippen LogP contribution in [0, 0.1) is 23.0 Å². The van der Waals surface area contributed by atoms with Gasteiger partial charge in [0, 0.05) is 5.56 Å². The minimum absolute atomic E-state index is 0.0476. The number of halogens is 5. The number of hydrogen-bond acceptors (Lipinski definition) is 6. The van der Waals surface area contributed by atoms with Gasteiger partial charge in [0.1, 0.15) is 11.6 Å². The molecule has 0 saturated carbocycles. The molecular weight excluding hydrogens is 463 g/mol. The van der Waals surface area contributed by atoms with E-state index in [9.17, 15) is 32.0 Å². The molecule has 0 aliphatic heterocycles. The second-order valence-electron chi connectivity index (χ2n) is 6.75. The van der Waals surface area contributed by atoms with Crippen molar-refractivity contribution in [2.45, 2.75) is 12.7 Å². The number of pyridine rings is 1. The first-order valence-electron chi connectivity index (χ1n) is 9.33. The Kier molecular flexibility index (Phi) is 5.76. The number of aromatic nitrogens is 6. The monoisotopic (exact) mass is 474 g/mol. The molecule has 172 valence electrons. The number of nitriles is 1. The van der Waals surface area contributed by atoms with Gasteiger partial charge in [0.2, 0.25) is 0 Å². The Morgan fingerprint density at radius 2 is 1.85 bits per heavy atom. The Bertz CT molecular complexity index is 1410. The smallest absolute Gasteiger partial charge is 0.320 e. The molecule has 0 saturated heterocycles. The highest BCUT2D eigenvalue weighted by Crippen LogP contribution is 2.33. The third-order valence-electron chi connectivity index (χ3n) is 4.56. The standard InChI is InChI=1S/C20H11F5N8O/c21-15-3-1-2-11(16(15)22)10-32-17(20(23,24)25)14(9-30-32)19(34)31-13-6-12(7-26)18(27-8-13)33-28-4-5-29-33/h1-6,8-9H,10H2,(H,31,34). The first-order valence-corrected chi connectivity index (χ1v) is 9.33. The summed E-state index contributed by atoms with van der Waals surface area (Å²) in [5, 5.41) is 22.8. The second-order valence-corrected chi connectivity index (χ2v) is 6.75. The number of carbonyl (C=O) groups excluding carboxylic acids is 1. The zero-order chi connectivity index (χ0) is 24.5. The third kappa shape index (κ3) is 4.31. The Morgan fingerprint density at radius 3 is 2.53 bits per heavy atom. The lowest BCUT2D eigenvalue weighted by Crippen LogP contribution is -2.22. The van der Waals surface area contributed by atoms with Crippen molar-refractivity contribution in [2.24, 2.45) is 0 Å². The van der Waals surface area contributed by atoms with Crippen LogP contribution in [0.3, 0.4) is 0 Å². The summed E-state index contributed by atoms with van der Waals surface area (Å²) in [6.45, 7) is -0.766. The van der Waals surface area contributed by atoms with Crippen LogP contribution in [0.25, 0.3) is 5.82 Å². The van der Waals surface area contributed by atoms with E-state index >= 15 is 0 Å². The number of alkyl halides is 3. The van der Waals surface area contributed by atoms with Gasteiger partial charge < -0.3 is 5.32 Å². The summed E-state index contributed by atoms with van der Waals surface area (Å²) in [4.78, 5) is 17.7. The largest absolute Gasteiger partial charge is 0.433 e. The van der Waals surface area contributed by atoms with E-state index in [1.54, 1.807) is 0 Å². The minimum atomic E-state index is -5.04. The predicted octanol–water partition coefficient (Wildman–Crippen LogP) is 3.33. The molecule has 1 N–H and O–H groups in total. The minimum Gasteiger partial charge on any atom is -0.320 e. The normalized spacial score (nSPS) is 11.3. The first kappa shape index (κ1) is 22.5. The molecule has 3 heterocycles. The van der Waals surface area contributed by atoms with Gasteiger partial charge >= 0.3 is 6.18 Å². The van der Waals surface area contributed by atoms with Crippen molar-refractivity contribution in [1.82, 2.24) is 29.8 Å². The SMILES string of the molecule is N#Cc1cc(NC(=O)c2cnn(Cc3cccc(F)c3F)c2C(F)(F)F)cnc1-n1nccn1. The molecule has 0 aliphatic carbocycles. The van der Waals surface area contributed by atoms with Crippen LogP contribution in [0.15, 0.2) is 49.1 Å². The molecule has 0 aliphatic rings. The molecule has 0 bridgehead atoms.